The third kappa shape index (κ3) is 3.76. The van der Waals surface area contributed by atoms with Gasteiger partial charge in [0.05, 0.1) is 11.8 Å². The number of nitrogens with one attached hydrogen (secondary N) is 1. The summed E-state index contributed by atoms with van der Waals surface area (Å²) in [5, 5.41) is 13.6. The van der Waals surface area contributed by atoms with Gasteiger partial charge < -0.3 is 14.7 Å². The Hall–Kier alpha value is -2.90. The van der Waals surface area contributed by atoms with Crippen LogP contribution < -0.4 is 5.32 Å². The van der Waals surface area contributed by atoms with Gasteiger partial charge >= 0.3 is 6.09 Å². The molecule has 0 radical (unpaired) electrons. The fourth-order valence-electron chi connectivity index (χ4n) is 5.24. The highest BCUT2D eigenvalue weighted by molar-refractivity contribution is 5.97. The lowest BCUT2D eigenvalue weighted by Crippen LogP contribution is -2.56. The smallest absolute Gasteiger partial charge is 0.412 e. The lowest BCUT2D eigenvalue weighted by atomic mass is 9.92. The first-order valence-corrected chi connectivity index (χ1v) is 11.2. The van der Waals surface area contributed by atoms with E-state index in [1.807, 2.05) is 19.9 Å². The monoisotopic (exact) mass is 435 g/mol. The zero-order valence-electron chi connectivity index (χ0n) is 18.5. The standard InChI is InChI=1S/C25H29N3O4/c1-25(2)19-8-7-17(13-20(19)26-24(31)32-25)23(30)28-12-10-21(22(29)15-28)27-11-9-16-5-3-4-6-18(16)14-27/h3-8,13,21-22,29H,9-12,14-15H2,1-2H3,(H,26,31)/t21-,22-/m1/s1. The number of benzene rings is 2. The van der Waals surface area contributed by atoms with E-state index in [0.29, 0.717) is 24.3 Å². The first kappa shape index (κ1) is 21.0. The van der Waals surface area contributed by atoms with Gasteiger partial charge in [0.1, 0.15) is 5.60 Å². The molecule has 0 spiro atoms. The minimum absolute atomic E-state index is 0.0492. The molecular formula is C25H29N3O4. The van der Waals surface area contributed by atoms with Crippen molar-refractivity contribution in [1.29, 1.82) is 0 Å². The number of rotatable bonds is 2. The number of hydrogen-bond acceptors (Lipinski definition) is 5. The molecule has 2 N–H and O–H groups in total. The predicted molar refractivity (Wildman–Crippen MR) is 120 cm³/mol. The first-order valence-electron chi connectivity index (χ1n) is 11.2. The van der Waals surface area contributed by atoms with Gasteiger partial charge in [-0.15, -0.1) is 0 Å². The fourth-order valence-corrected chi connectivity index (χ4v) is 5.24. The molecule has 0 aliphatic carbocycles. The van der Waals surface area contributed by atoms with Gasteiger partial charge in [-0.2, -0.15) is 0 Å². The number of aliphatic hydroxyl groups is 1. The number of fused-ring (bicyclic) bond motifs is 2. The average molecular weight is 436 g/mol. The summed E-state index contributed by atoms with van der Waals surface area (Å²) in [6.07, 6.45) is 0.606. The SMILES string of the molecule is CC1(C)OC(=O)Nc2cc(C(=O)N3CC[C@@H](N4CCc5ccccc5C4)[C@H](O)C3)ccc21. The number of likely N-dealkylation sites (tertiary alicyclic amines) is 1. The molecule has 0 saturated carbocycles. The van der Waals surface area contributed by atoms with Crippen LogP contribution >= 0.6 is 0 Å². The topological polar surface area (TPSA) is 82.1 Å². The Balaban J connectivity index is 1.27. The van der Waals surface area contributed by atoms with Crippen LogP contribution in [0, 0.1) is 0 Å². The second-order valence-corrected chi connectivity index (χ2v) is 9.45. The number of hydrogen-bond donors (Lipinski definition) is 2. The van der Waals surface area contributed by atoms with Crippen molar-refractivity contribution in [1.82, 2.24) is 9.80 Å². The van der Waals surface area contributed by atoms with E-state index in [1.54, 1.807) is 17.0 Å². The van der Waals surface area contributed by atoms with Gasteiger partial charge in [-0.25, -0.2) is 4.79 Å². The molecule has 32 heavy (non-hydrogen) atoms. The molecule has 0 aromatic heterocycles. The van der Waals surface area contributed by atoms with Crippen molar-refractivity contribution >= 4 is 17.7 Å². The lowest BCUT2D eigenvalue weighted by Gasteiger charge is -2.43. The van der Waals surface area contributed by atoms with Crippen LogP contribution in [0.3, 0.4) is 0 Å². The molecule has 1 saturated heterocycles. The van der Waals surface area contributed by atoms with Crippen LogP contribution in [-0.2, 0) is 23.3 Å². The summed E-state index contributed by atoms with van der Waals surface area (Å²) in [6, 6.07) is 13.8. The number of carbonyl (C=O) groups is 2. The summed E-state index contributed by atoms with van der Waals surface area (Å²) in [4.78, 5) is 29.1. The Labute approximate surface area is 188 Å². The van der Waals surface area contributed by atoms with E-state index in [-0.39, 0.29) is 11.9 Å². The normalized spacial score (nSPS) is 24.7. The summed E-state index contributed by atoms with van der Waals surface area (Å²) >= 11 is 0. The van der Waals surface area contributed by atoms with Gasteiger partial charge in [-0.3, -0.25) is 15.0 Å². The van der Waals surface area contributed by atoms with Crippen LogP contribution in [0.15, 0.2) is 42.5 Å². The molecule has 3 aliphatic heterocycles. The molecule has 2 atom stereocenters. The molecule has 0 bridgehead atoms. The molecule has 2 amide bonds. The Morgan fingerprint density at radius 1 is 1.16 bits per heavy atom. The third-order valence-corrected chi connectivity index (χ3v) is 6.96. The zero-order valence-corrected chi connectivity index (χ0v) is 18.5. The van der Waals surface area contributed by atoms with Crippen molar-refractivity contribution in [3.8, 4) is 0 Å². The highest BCUT2D eigenvalue weighted by Crippen LogP contribution is 2.36. The van der Waals surface area contributed by atoms with Crippen LogP contribution in [0.2, 0.25) is 0 Å². The van der Waals surface area contributed by atoms with Gasteiger partial charge in [0.25, 0.3) is 5.91 Å². The van der Waals surface area contributed by atoms with Crippen LogP contribution in [0.5, 0.6) is 0 Å². The summed E-state index contributed by atoms with van der Waals surface area (Å²) in [6.45, 7) is 6.32. The molecule has 5 rings (SSSR count). The van der Waals surface area contributed by atoms with E-state index < -0.39 is 17.8 Å². The van der Waals surface area contributed by atoms with Crippen molar-refractivity contribution < 1.29 is 19.4 Å². The molecule has 3 aliphatic rings. The maximum atomic E-state index is 13.2. The Bertz CT molecular complexity index is 1070. The lowest BCUT2D eigenvalue weighted by molar-refractivity contribution is -0.0137. The van der Waals surface area contributed by atoms with E-state index in [2.05, 4.69) is 34.5 Å². The average Bonchev–Trinajstić information content (AvgIpc) is 2.77. The Morgan fingerprint density at radius 3 is 2.72 bits per heavy atom. The maximum absolute atomic E-state index is 13.2. The minimum atomic E-state index is -0.749. The Kier molecular flexibility index (Phi) is 5.18. The molecule has 168 valence electrons. The number of carbonyl (C=O) groups excluding carboxylic acids is 2. The maximum Gasteiger partial charge on any atom is 0.412 e. The molecular weight excluding hydrogens is 406 g/mol. The van der Waals surface area contributed by atoms with Crippen molar-refractivity contribution in [2.45, 2.75) is 51.0 Å². The summed E-state index contributed by atoms with van der Waals surface area (Å²) in [5.74, 6) is -0.132. The zero-order chi connectivity index (χ0) is 22.5. The second-order valence-electron chi connectivity index (χ2n) is 9.45. The van der Waals surface area contributed by atoms with E-state index >= 15 is 0 Å². The number of aliphatic hydroxyl groups excluding tert-OH is 1. The van der Waals surface area contributed by atoms with E-state index in [0.717, 1.165) is 31.5 Å². The highest BCUT2D eigenvalue weighted by Gasteiger charge is 2.37. The number of cyclic esters (lactones) is 1. The Morgan fingerprint density at radius 2 is 1.94 bits per heavy atom. The van der Waals surface area contributed by atoms with Gasteiger partial charge in [-0.05, 0) is 49.9 Å². The van der Waals surface area contributed by atoms with Gasteiger partial charge in [0.15, 0.2) is 0 Å². The largest absolute Gasteiger partial charge is 0.438 e. The summed E-state index contributed by atoms with van der Waals surface area (Å²) < 4.78 is 5.34. The van der Waals surface area contributed by atoms with E-state index in [9.17, 15) is 14.7 Å². The molecule has 1 fully saturated rings. The molecule has 3 heterocycles. The fraction of sp³-hybridized carbons (Fsp3) is 0.440. The van der Waals surface area contributed by atoms with Crippen LogP contribution in [0.1, 0.15) is 47.3 Å². The number of piperidine rings is 1. The quantitative estimate of drug-likeness (QED) is 0.758. The molecule has 7 nitrogen and oxygen atoms in total. The minimum Gasteiger partial charge on any atom is -0.438 e. The number of amides is 2. The molecule has 0 unspecified atom stereocenters. The third-order valence-electron chi connectivity index (χ3n) is 6.96. The summed E-state index contributed by atoms with van der Waals surface area (Å²) in [7, 11) is 0. The van der Waals surface area contributed by atoms with Gasteiger partial charge in [-0.1, -0.05) is 30.3 Å². The van der Waals surface area contributed by atoms with E-state index in [4.69, 9.17) is 4.74 Å². The van der Waals surface area contributed by atoms with Gasteiger partial charge in [0, 0.05) is 43.3 Å². The molecule has 2 aromatic rings. The number of ether oxygens (including phenoxy) is 1. The predicted octanol–water partition coefficient (Wildman–Crippen LogP) is 3.12. The van der Waals surface area contributed by atoms with Crippen LogP contribution in [-0.4, -0.2) is 58.7 Å². The first-order chi connectivity index (χ1) is 15.3. The van der Waals surface area contributed by atoms with E-state index in [1.165, 1.54) is 11.1 Å². The highest BCUT2D eigenvalue weighted by atomic mass is 16.6. The van der Waals surface area contributed by atoms with Crippen LogP contribution in [0.25, 0.3) is 0 Å². The van der Waals surface area contributed by atoms with Gasteiger partial charge in [0.2, 0.25) is 0 Å². The van der Waals surface area contributed by atoms with Crippen LogP contribution in [0.4, 0.5) is 10.5 Å². The van der Waals surface area contributed by atoms with Crippen molar-refractivity contribution in [2.24, 2.45) is 0 Å². The second kappa shape index (κ2) is 7.90. The van der Waals surface area contributed by atoms with Crippen molar-refractivity contribution in [3.05, 3.63) is 64.7 Å². The molecule has 7 heteroatoms. The van der Waals surface area contributed by atoms with Crippen molar-refractivity contribution in [2.75, 3.05) is 25.0 Å². The molecule has 2 aromatic carbocycles. The number of nitrogens with zero attached hydrogens (tertiary/aromatic N) is 2. The number of anilines is 1. The van der Waals surface area contributed by atoms with Crippen molar-refractivity contribution in [3.63, 3.8) is 0 Å². The summed E-state index contributed by atoms with van der Waals surface area (Å²) in [5.41, 5.74) is 3.89. The number of β-amino-alcohol motifs (C(OH)–C–C–N with tert-alkyl or cyclic N) is 1.